The van der Waals surface area contributed by atoms with Gasteiger partial charge in [0.1, 0.15) is 0 Å². The van der Waals surface area contributed by atoms with Crippen molar-refractivity contribution < 1.29 is 4.79 Å². The topological polar surface area (TPSA) is 25.2 Å². The van der Waals surface area contributed by atoms with Crippen molar-refractivity contribution in [3.05, 3.63) is 101 Å². The van der Waals surface area contributed by atoms with Crippen molar-refractivity contribution in [2.75, 3.05) is 6.54 Å². The predicted molar refractivity (Wildman–Crippen MR) is 116 cm³/mol. The molecular formula is C24H25ClN2O. The van der Waals surface area contributed by atoms with Crippen molar-refractivity contribution in [3.8, 4) is 0 Å². The highest BCUT2D eigenvalue weighted by atomic mass is 35.5. The maximum atomic E-state index is 12.8. The Kier molecular flexibility index (Phi) is 7.10. The highest BCUT2D eigenvalue weighted by Gasteiger charge is 2.13. The zero-order valence-electron chi connectivity index (χ0n) is 16.1. The molecule has 0 spiro atoms. The van der Waals surface area contributed by atoms with Crippen LogP contribution in [0.15, 0.2) is 79.0 Å². The zero-order valence-corrected chi connectivity index (χ0v) is 16.8. The molecule has 0 fully saturated rings. The number of amides is 1. The van der Waals surface area contributed by atoms with Crippen LogP contribution >= 0.6 is 11.6 Å². The van der Waals surface area contributed by atoms with E-state index in [-0.39, 0.29) is 5.91 Å². The number of carbonyl (C=O) groups is 1. The molecule has 0 aliphatic heterocycles. The van der Waals surface area contributed by atoms with Gasteiger partial charge in [0.15, 0.2) is 0 Å². The maximum Gasteiger partial charge on any atom is 0.246 e. The van der Waals surface area contributed by atoms with Crippen LogP contribution in [0.4, 0.5) is 0 Å². The molecule has 2 aromatic carbocycles. The summed E-state index contributed by atoms with van der Waals surface area (Å²) in [6, 6.07) is 21.9. The minimum Gasteiger partial charge on any atom is -0.345 e. The lowest BCUT2D eigenvalue weighted by molar-refractivity contribution is -0.126. The monoisotopic (exact) mass is 392 g/mol. The molecule has 144 valence electrons. The molecule has 0 unspecified atom stereocenters. The van der Waals surface area contributed by atoms with Gasteiger partial charge >= 0.3 is 0 Å². The van der Waals surface area contributed by atoms with Crippen LogP contribution in [0.25, 0.3) is 6.08 Å². The van der Waals surface area contributed by atoms with Crippen molar-refractivity contribution >= 4 is 23.6 Å². The van der Waals surface area contributed by atoms with E-state index < -0.39 is 0 Å². The standard InChI is InChI=1S/C24H25ClN2O/c1-2-15-27(24(28)14-13-20-8-4-3-5-9-20)19-23-12-7-16-26(23)18-21-10-6-11-22(25)17-21/h3-14,16-17H,2,15,18-19H2,1H3/b14-13+. The fourth-order valence-electron chi connectivity index (χ4n) is 3.15. The number of hydrogen-bond donors (Lipinski definition) is 0. The van der Waals surface area contributed by atoms with Crippen LogP contribution in [0.2, 0.25) is 5.02 Å². The second-order valence-electron chi connectivity index (χ2n) is 6.76. The fraction of sp³-hybridized carbons (Fsp3) is 0.208. The molecule has 0 aliphatic rings. The molecule has 1 amide bonds. The average molecular weight is 393 g/mol. The minimum absolute atomic E-state index is 0.0289. The number of rotatable bonds is 8. The second kappa shape index (κ2) is 9.95. The fourth-order valence-corrected chi connectivity index (χ4v) is 3.36. The summed E-state index contributed by atoms with van der Waals surface area (Å²) < 4.78 is 2.17. The molecule has 1 aromatic heterocycles. The first-order chi connectivity index (χ1) is 13.7. The van der Waals surface area contributed by atoms with E-state index >= 15 is 0 Å². The summed E-state index contributed by atoms with van der Waals surface area (Å²) >= 11 is 6.11. The molecule has 0 saturated heterocycles. The van der Waals surface area contributed by atoms with Crippen molar-refractivity contribution in [2.24, 2.45) is 0 Å². The molecule has 0 N–H and O–H groups in total. The number of halogens is 1. The van der Waals surface area contributed by atoms with Gasteiger partial charge in [-0.3, -0.25) is 4.79 Å². The number of carbonyl (C=O) groups excluding carboxylic acids is 1. The Morgan fingerprint density at radius 2 is 1.89 bits per heavy atom. The van der Waals surface area contributed by atoms with E-state index in [0.29, 0.717) is 6.54 Å². The lowest BCUT2D eigenvalue weighted by Gasteiger charge is -2.22. The molecule has 0 atom stereocenters. The van der Waals surface area contributed by atoms with E-state index in [0.717, 1.165) is 41.4 Å². The van der Waals surface area contributed by atoms with Gasteiger partial charge in [0, 0.05) is 36.1 Å². The normalized spacial score (nSPS) is 11.1. The van der Waals surface area contributed by atoms with Crippen LogP contribution in [0.5, 0.6) is 0 Å². The number of nitrogens with zero attached hydrogens (tertiary/aromatic N) is 2. The van der Waals surface area contributed by atoms with E-state index in [2.05, 4.69) is 23.6 Å². The van der Waals surface area contributed by atoms with Gasteiger partial charge in [-0.25, -0.2) is 0 Å². The quantitative estimate of drug-likeness (QED) is 0.455. The van der Waals surface area contributed by atoms with E-state index in [4.69, 9.17) is 11.6 Å². The van der Waals surface area contributed by atoms with Gasteiger partial charge in [-0.1, -0.05) is 61.0 Å². The Labute approximate surface area is 171 Å². The maximum absolute atomic E-state index is 12.8. The largest absolute Gasteiger partial charge is 0.345 e. The molecule has 28 heavy (non-hydrogen) atoms. The number of aromatic nitrogens is 1. The van der Waals surface area contributed by atoms with Crippen LogP contribution in [-0.2, 0) is 17.9 Å². The number of benzene rings is 2. The summed E-state index contributed by atoms with van der Waals surface area (Å²) in [6.45, 7) is 4.13. The van der Waals surface area contributed by atoms with Crippen molar-refractivity contribution in [1.29, 1.82) is 0 Å². The zero-order chi connectivity index (χ0) is 19.8. The molecule has 3 rings (SSSR count). The third kappa shape index (κ3) is 5.61. The highest BCUT2D eigenvalue weighted by molar-refractivity contribution is 6.30. The smallest absolute Gasteiger partial charge is 0.246 e. The van der Waals surface area contributed by atoms with Gasteiger partial charge in [-0.05, 0) is 47.9 Å². The molecule has 0 radical (unpaired) electrons. The average Bonchev–Trinajstić information content (AvgIpc) is 3.13. The van der Waals surface area contributed by atoms with E-state index in [9.17, 15) is 4.79 Å². The van der Waals surface area contributed by atoms with Crippen molar-refractivity contribution in [2.45, 2.75) is 26.4 Å². The van der Waals surface area contributed by atoms with Gasteiger partial charge in [0.25, 0.3) is 0 Å². The Morgan fingerprint density at radius 3 is 2.64 bits per heavy atom. The third-order valence-corrected chi connectivity index (χ3v) is 4.78. The molecule has 0 bridgehead atoms. The minimum atomic E-state index is 0.0289. The molecular weight excluding hydrogens is 368 g/mol. The Balaban J connectivity index is 1.71. The SMILES string of the molecule is CCCN(Cc1cccn1Cc1cccc(Cl)c1)C(=O)/C=C/c1ccccc1. The van der Waals surface area contributed by atoms with E-state index in [1.807, 2.05) is 71.8 Å². The van der Waals surface area contributed by atoms with Gasteiger partial charge < -0.3 is 9.47 Å². The second-order valence-corrected chi connectivity index (χ2v) is 7.20. The molecule has 3 aromatic rings. The Bertz CT molecular complexity index is 931. The lowest BCUT2D eigenvalue weighted by Crippen LogP contribution is -2.30. The Hall–Kier alpha value is -2.78. The van der Waals surface area contributed by atoms with Crippen molar-refractivity contribution in [1.82, 2.24) is 9.47 Å². The highest BCUT2D eigenvalue weighted by Crippen LogP contribution is 2.15. The predicted octanol–water partition coefficient (Wildman–Crippen LogP) is 5.64. The third-order valence-electron chi connectivity index (χ3n) is 4.54. The first-order valence-electron chi connectivity index (χ1n) is 9.56. The van der Waals surface area contributed by atoms with Crippen LogP contribution in [0.1, 0.15) is 30.2 Å². The van der Waals surface area contributed by atoms with E-state index in [1.165, 1.54) is 0 Å². The van der Waals surface area contributed by atoms with Crippen LogP contribution in [0, 0.1) is 0 Å². The van der Waals surface area contributed by atoms with Gasteiger partial charge in [-0.15, -0.1) is 0 Å². The number of hydrogen-bond acceptors (Lipinski definition) is 1. The summed E-state index contributed by atoms with van der Waals surface area (Å²) in [5.41, 5.74) is 3.27. The summed E-state index contributed by atoms with van der Waals surface area (Å²) in [4.78, 5) is 14.7. The molecule has 4 heteroatoms. The van der Waals surface area contributed by atoms with Crippen LogP contribution in [-0.4, -0.2) is 21.9 Å². The first-order valence-corrected chi connectivity index (χ1v) is 9.94. The molecule has 1 heterocycles. The Morgan fingerprint density at radius 1 is 1.07 bits per heavy atom. The van der Waals surface area contributed by atoms with Gasteiger partial charge in [0.2, 0.25) is 5.91 Å². The molecule has 0 aliphatic carbocycles. The van der Waals surface area contributed by atoms with Gasteiger partial charge in [-0.2, -0.15) is 0 Å². The summed E-state index contributed by atoms with van der Waals surface area (Å²) in [5, 5.41) is 0.736. The van der Waals surface area contributed by atoms with E-state index in [1.54, 1.807) is 6.08 Å². The van der Waals surface area contributed by atoms with Crippen LogP contribution < -0.4 is 0 Å². The van der Waals surface area contributed by atoms with Crippen LogP contribution in [0.3, 0.4) is 0 Å². The molecule has 0 saturated carbocycles. The lowest BCUT2D eigenvalue weighted by atomic mass is 10.2. The van der Waals surface area contributed by atoms with Crippen molar-refractivity contribution in [3.63, 3.8) is 0 Å². The summed E-state index contributed by atoms with van der Waals surface area (Å²) in [6.07, 6.45) is 6.50. The first kappa shape index (κ1) is 20.0. The van der Waals surface area contributed by atoms with Gasteiger partial charge in [0.05, 0.1) is 6.54 Å². The summed E-state index contributed by atoms with van der Waals surface area (Å²) in [5.74, 6) is 0.0289. The molecule has 3 nitrogen and oxygen atoms in total. The summed E-state index contributed by atoms with van der Waals surface area (Å²) in [7, 11) is 0.